The molecule has 0 unspecified atom stereocenters. The second kappa shape index (κ2) is 6.78. The average Bonchev–Trinajstić information content (AvgIpc) is 3.04. The number of aromatic nitrogens is 4. The highest BCUT2D eigenvalue weighted by atomic mass is 19.1. The summed E-state index contributed by atoms with van der Waals surface area (Å²) in [7, 11) is 0. The summed E-state index contributed by atoms with van der Waals surface area (Å²) in [5, 5.41) is 10.5. The fourth-order valence-electron chi connectivity index (χ4n) is 2.02. The molecule has 0 radical (unpaired) electrons. The van der Waals surface area contributed by atoms with Crippen LogP contribution in [0.1, 0.15) is 21.7 Å². The maximum Gasteiger partial charge on any atom is 0.273 e. The number of halogens is 1. The van der Waals surface area contributed by atoms with Gasteiger partial charge in [-0.1, -0.05) is 23.4 Å². The van der Waals surface area contributed by atoms with Crippen LogP contribution >= 0.6 is 0 Å². The molecule has 1 aromatic carbocycles. The standard InChI is InChI=1S/C16H14FN5O/c17-13-6-4-12(5-7-13)10-22-11-15(20-21-22)16(23)19-9-14-3-1-2-8-18-14/h1-8,11H,9-10H2,(H,19,23). The first-order chi connectivity index (χ1) is 11.2. The predicted molar refractivity (Wildman–Crippen MR) is 80.9 cm³/mol. The molecule has 23 heavy (non-hydrogen) atoms. The monoisotopic (exact) mass is 311 g/mol. The van der Waals surface area contributed by atoms with Gasteiger partial charge >= 0.3 is 0 Å². The number of carbonyl (C=O) groups excluding carboxylic acids is 1. The molecule has 0 aliphatic carbocycles. The van der Waals surface area contributed by atoms with Crippen molar-refractivity contribution in [3.63, 3.8) is 0 Å². The number of hydrogen-bond acceptors (Lipinski definition) is 4. The van der Waals surface area contributed by atoms with Crippen LogP contribution in [0, 0.1) is 5.82 Å². The van der Waals surface area contributed by atoms with E-state index in [9.17, 15) is 9.18 Å². The van der Waals surface area contributed by atoms with Crippen molar-refractivity contribution in [3.05, 3.63) is 77.6 Å². The van der Waals surface area contributed by atoms with Gasteiger partial charge in [0.2, 0.25) is 0 Å². The molecule has 3 rings (SSSR count). The third-order valence-electron chi connectivity index (χ3n) is 3.19. The number of hydrogen-bond donors (Lipinski definition) is 1. The summed E-state index contributed by atoms with van der Waals surface area (Å²) in [6.45, 7) is 0.741. The molecule has 116 valence electrons. The fourth-order valence-corrected chi connectivity index (χ4v) is 2.02. The van der Waals surface area contributed by atoms with Crippen molar-refractivity contribution in [3.8, 4) is 0 Å². The number of carbonyl (C=O) groups is 1. The second-order valence-electron chi connectivity index (χ2n) is 4.93. The molecule has 7 heteroatoms. The van der Waals surface area contributed by atoms with E-state index < -0.39 is 0 Å². The van der Waals surface area contributed by atoms with Crippen molar-refractivity contribution in [2.75, 3.05) is 0 Å². The van der Waals surface area contributed by atoms with Crippen LogP contribution in [-0.4, -0.2) is 25.9 Å². The summed E-state index contributed by atoms with van der Waals surface area (Å²) in [5.41, 5.74) is 1.86. The maximum absolute atomic E-state index is 12.9. The molecule has 0 aliphatic rings. The molecule has 2 aromatic heterocycles. The lowest BCUT2D eigenvalue weighted by molar-refractivity contribution is 0.0945. The number of pyridine rings is 1. The van der Waals surface area contributed by atoms with Crippen LogP contribution in [0.5, 0.6) is 0 Å². The summed E-state index contributed by atoms with van der Waals surface area (Å²) >= 11 is 0. The van der Waals surface area contributed by atoms with Gasteiger partial charge in [0.05, 0.1) is 25.0 Å². The van der Waals surface area contributed by atoms with E-state index >= 15 is 0 Å². The van der Waals surface area contributed by atoms with Gasteiger partial charge in [-0.2, -0.15) is 0 Å². The average molecular weight is 311 g/mol. The van der Waals surface area contributed by atoms with Gasteiger partial charge in [0, 0.05) is 6.20 Å². The van der Waals surface area contributed by atoms with Crippen LogP contribution in [0.15, 0.2) is 54.9 Å². The van der Waals surface area contributed by atoms with E-state index in [1.807, 2.05) is 18.2 Å². The Morgan fingerprint density at radius 3 is 2.74 bits per heavy atom. The number of rotatable bonds is 5. The molecular formula is C16H14FN5O. The molecule has 0 atom stereocenters. The fraction of sp³-hybridized carbons (Fsp3) is 0.125. The lowest BCUT2D eigenvalue weighted by Crippen LogP contribution is -2.23. The van der Waals surface area contributed by atoms with Crippen LogP contribution in [0.25, 0.3) is 0 Å². The smallest absolute Gasteiger partial charge is 0.273 e. The van der Waals surface area contributed by atoms with Gasteiger partial charge in [0.25, 0.3) is 5.91 Å². The maximum atomic E-state index is 12.9. The zero-order chi connectivity index (χ0) is 16.1. The minimum absolute atomic E-state index is 0.225. The number of nitrogens with zero attached hydrogens (tertiary/aromatic N) is 4. The Kier molecular flexibility index (Phi) is 4.37. The van der Waals surface area contributed by atoms with E-state index in [0.717, 1.165) is 11.3 Å². The first kappa shape index (κ1) is 14.8. The van der Waals surface area contributed by atoms with Crippen LogP contribution in [0.3, 0.4) is 0 Å². The van der Waals surface area contributed by atoms with E-state index in [1.54, 1.807) is 24.5 Å². The molecule has 1 amide bonds. The highest BCUT2D eigenvalue weighted by Crippen LogP contribution is 2.05. The van der Waals surface area contributed by atoms with Gasteiger partial charge in [-0.25, -0.2) is 9.07 Å². The molecule has 0 spiro atoms. The molecule has 3 aromatic rings. The van der Waals surface area contributed by atoms with E-state index in [2.05, 4.69) is 20.6 Å². The SMILES string of the molecule is O=C(NCc1ccccn1)c1cn(Cc2ccc(F)cc2)nn1. The second-order valence-corrected chi connectivity index (χ2v) is 4.93. The number of amides is 1. The summed E-state index contributed by atoms with van der Waals surface area (Å²) in [4.78, 5) is 16.2. The van der Waals surface area contributed by atoms with E-state index in [0.29, 0.717) is 13.1 Å². The largest absolute Gasteiger partial charge is 0.345 e. The summed E-state index contributed by atoms with van der Waals surface area (Å²) < 4.78 is 14.4. The Balaban J connectivity index is 1.59. The highest BCUT2D eigenvalue weighted by molar-refractivity contribution is 5.91. The van der Waals surface area contributed by atoms with Crippen LogP contribution < -0.4 is 5.32 Å². The van der Waals surface area contributed by atoms with Crippen molar-refractivity contribution in [2.24, 2.45) is 0 Å². The normalized spacial score (nSPS) is 10.5. The third kappa shape index (κ3) is 3.97. The first-order valence-electron chi connectivity index (χ1n) is 7.03. The third-order valence-corrected chi connectivity index (χ3v) is 3.19. The van der Waals surface area contributed by atoms with Gasteiger partial charge < -0.3 is 5.32 Å². The van der Waals surface area contributed by atoms with Gasteiger partial charge in [-0.3, -0.25) is 9.78 Å². The topological polar surface area (TPSA) is 72.7 Å². The molecule has 6 nitrogen and oxygen atoms in total. The van der Waals surface area contributed by atoms with Gasteiger partial charge in [-0.15, -0.1) is 5.10 Å². The Hall–Kier alpha value is -3.09. The number of benzene rings is 1. The van der Waals surface area contributed by atoms with Crippen molar-refractivity contribution in [2.45, 2.75) is 13.1 Å². The molecule has 1 N–H and O–H groups in total. The van der Waals surface area contributed by atoms with Crippen LogP contribution in [0.2, 0.25) is 0 Å². The van der Waals surface area contributed by atoms with Gasteiger partial charge in [0.15, 0.2) is 5.69 Å². The number of nitrogens with one attached hydrogen (secondary N) is 1. The molecule has 0 aliphatic heterocycles. The van der Waals surface area contributed by atoms with Gasteiger partial charge in [-0.05, 0) is 29.8 Å². The lowest BCUT2D eigenvalue weighted by atomic mass is 10.2. The Morgan fingerprint density at radius 1 is 1.17 bits per heavy atom. The zero-order valence-corrected chi connectivity index (χ0v) is 12.2. The van der Waals surface area contributed by atoms with Crippen molar-refractivity contribution >= 4 is 5.91 Å². The minimum Gasteiger partial charge on any atom is -0.345 e. The quantitative estimate of drug-likeness (QED) is 0.780. The highest BCUT2D eigenvalue weighted by Gasteiger charge is 2.10. The van der Waals surface area contributed by atoms with Crippen molar-refractivity contribution < 1.29 is 9.18 Å². The zero-order valence-electron chi connectivity index (χ0n) is 12.2. The van der Waals surface area contributed by atoms with Crippen LogP contribution in [-0.2, 0) is 13.1 Å². The summed E-state index contributed by atoms with van der Waals surface area (Å²) in [5.74, 6) is -0.608. The minimum atomic E-state index is -0.319. The Bertz CT molecular complexity index is 786. The Morgan fingerprint density at radius 2 is 2.00 bits per heavy atom. The lowest BCUT2D eigenvalue weighted by Gasteiger charge is -2.02. The first-order valence-corrected chi connectivity index (χ1v) is 7.03. The molecule has 0 fully saturated rings. The summed E-state index contributed by atoms with van der Waals surface area (Å²) in [6, 6.07) is 11.6. The molecule has 0 saturated carbocycles. The van der Waals surface area contributed by atoms with E-state index in [-0.39, 0.29) is 17.4 Å². The molecule has 2 heterocycles. The van der Waals surface area contributed by atoms with E-state index in [1.165, 1.54) is 16.8 Å². The van der Waals surface area contributed by atoms with Crippen molar-refractivity contribution in [1.29, 1.82) is 0 Å². The van der Waals surface area contributed by atoms with Gasteiger partial charge in [0.1, 0.15) is 5.82 Å². The summed E-state index contributed by atoms with van der Waals surface area (Å²) in [6.07, 6.45) is 3.22. The molecular weight excluding hydrogens is 297 g/mol. The van der Waals surface area contributed by atoms with E-state index in [4.69, 9.17) is 0 Å². The van der Waals surface area contributed by atoms with Crippen molar-refractivity contribution in [1.82, 2.24) is 25.3 Å². The van der Waals surface area contributed by atoms with Crippen LogP contribution in [0.4, 0.5) is 4.39 Å². The predicted octanol–water partition coefficient (Wildman–Crippen LogP) is 1.79. The molecule has 0 bridgehead atoms. The Labute approximate surface area is 132 Å². The molecule has 0 saturated heterocycles.